The molecule has 0 saturated heterocycles. The fourth-order valence-electron chi connectivity index (χ4n) is 5.13. The molecule has 5 atom stereocenters. The van der Waals surface area contributed by atoms with E-state index in [4.69, 9.17) is 4.74 Å². The molecule has 0 spiro atoms. The largest absolute Gasteiger partial charge is 0.494 e. The number of rotatable bonds is 5. The second-order valence-electron chi connectivity index (χ2n) is 7.90. The highest BCUT2D eigenvalue weighted by molar-refractivity contribution is 5.63. The molecule has 0 aromatic heterocycles. The average molecular weight is 320 g/mol. The predicted molar refractivity (Wildman–Crippen MR) is 100 cm³/mol. The van der Waals surface area contributed by atoms with E-state index in [1.54, 1.807) is 0 Å². The van der Waals surface area contributed by atoms with E-state index in [0.717, 1.165) is 41.9 Å². The second-order valence-corrected chi connectivity index (χ2v) is 7.90. The van der Waals surface area contributed by atoms with E-state index < -0.39 is 0 Å². The van der Waals surface area contributed by atoms with Crippen LogP contribution in [0.25, 0.3) is 11.1 Å². The molecule has 2 aliphatic carbocycles. The van der Waals surface area contributed by atoms with Crippen LogP contribution in [0, 0.1) is 29.6 Å². The third-order valence-corrected chi connectivity index (χ3v) is 6.75. The smallest absolute Gasteiger partial charge is 0.119 e. The molecule has 2 bridgehead atoms. The highest BCUT2D eigenvalue weighted by Crippen LogP contribution is 2.55. The van der Waals surface area contributed by atoms with E-state index in [0.29, 0.717) is 0 Å². The van der Waals surface area contributed by atoms with Gasteiger partial charge in [-0.2, -0.15) is 0 Å². The Bertz CT molecular complexity index is 658. The SMILES string of the molecule is CC1C2CC(CCOc3ccc(-c4ccccc4)cc3)C(C2)C1C. The summed E-state index contributed by atoms with van der Waals surface area (Å²) in [6.45, 7) is 5.78. The summed E-state index contributed by atoms with van der Waals surface area (Å²) in [4.78, 5) is 0. The zero-order valence-corrected chi connectivity index (χ0v) is 14.8. The molecular formula is C23H28O. The topological polar surface area (TPSA) is 9.23 Å². The highest BCUT2D eigenvalue weighted by atomic mass is 16.5. The molecule has 0 radical (unpaired) electrons. The Labute approximate surface area is 146 Å². The molecule has 5 unspecified atom stereocenters. The molecule has 2 aromatic rings. The molecule has 1 heteroatoms. The number of hydrogen-bond donors (Lipinski definition) is 0. The van der Waals surface area contributed by atoms with Gasteiger partial charge in [0.05, 0.1) is 6.61 Å². The van der Waals surface area contributed by atoms with Crippen molar-refractivity contribution < 1.29 is 4.74 Å². The first kappa shape index (κ1) is 15.7. The van der Waals surface area contributed by atoms with Crippen LogP contribution in [0.5, 0.6) is 5.75 Å². The Hall–Kier alpha value is -1.76. The number of benzene rings is 2. The van der Waals surface area contributed by atoms with Crippen LogP contribution in [0.3, 0.4) is 0 Å². The number of hydrogen-bond acceptors (Lipinski definition) is 1. The van der Waals surface area contributed by atoms with Gasteiger partial charge < -0.3 is 4.74 Å². The normalized spacial score (nSPS) is 31.3. The van der Waals surface area contributed by atoms with Crippen molar-refractivity contribution in [2.24, 2.45) is 29.6 Å². The van der Waals surface area contributed by atoms with Gasteiger partial charge in [-0.25, -0.2) is 0 Å². The van der Waals surface area contributed by atoms with Crippen molar-refractivity contribution in [1.82, 2.24) is 0 Å². The van der Waals surface area contributed by atoms with E-state index >= 15 is 0 Å². The third-order valence-electron chi connectivity index (χ3n) is 6.75. The van der Waals surface area contributed by atoms with Crippen molar-refractivity contribution >= 4 is 0 Å². The Morgan fingerprint density at radius 2 is 1.54 bits per heavy atom. The van der Waals surface area contributed by atoms with Crippen molar-refractivity contribution in [2.75, 3.05) is 6.61 Å². The Morgan fingerprint density at radius 1 is 0.833 bits per heavy atom. The van der Waals surface area contributed by atoms with Gasteiger partial charge in [0.1, 0.15) is 5.75 Å². The van der Waals surface area contributed by atoms with Crippen LogP contribution in [0.4, 0.5) is 0 Å². The molecule has 0 N–H and O–H groups in total. The molecule has 0 heterocycles. The summed E-state index contributed by atoms with van der Waals surface area (Å²) in [5, 5.41) is 0. The fraction of sp³-hybridized carbons (Fsp3) is 0.478. The number of fused-ring (bicyclic) bond motifs is 2. The van der Waals surface area contributed by atoms with Crippen molar-refractivity contribution in [3.63, 3.8) is 0 Å². The summed E-state index contributed by atoms with van der Waals surface area (Å²) in [6, 6.07) is 19.0. The molecule has 2 aliphatic rings. The van der Waals surface area contributed by atoms with Crippen molar-refractivity contribution in [2.45, 2.75) is 33.1 Å². The van der Waals surface area contributed by atoms with Crippen LogP contribution in [0.2, 0.25) is 0 Å². The van der Waals surface area contributed by atoms with Gasteiger partial charge in [0.2, 0.25) is 0 Å². The van der Waals surface area contributed by atoms with Crippen LogP contribution in [0.15, 0.2) is 54.6 Å². The zero-order valence-electron chi connectivity index (χ0n) is 14.8. The number of ether oxygens (including phenoxy) is 1. The van der Waals surface area contributed by atoms with Gasteiger partial charge in [0, 0.05) is 0 Å². The fourth-order valence-corrected chi connectivity index (χ4v) is 5.13. The minimum atomic E-state index is 0.861. The first-order valence-electron chi connectivity index (χ1n) is 9.50. The van der Waals surface area contributed by atoms with Gasteiger partial charge in [-0.15, -0.1) is 0 Å². The molecular weight excluding hydrogens is 292 g/mol. The van der Waals surface area contributed by atoms with Crippen molar-refractivity contribution in [3.05, 3.63) is 54.6 Å². The lowest BCUT2D eigenvalue weighted by atomic mass is 9.75. The summed E-state index contributed by atoms with van der Waals surface area (Å²) in [7, 11) is 0. The summed E-state index contributed by atoms with van der Waals surface area (Å²) < 4.78 is 6.03. The van der Waals surface area contributed by atoms with Crippen molar-refractivity contribution in [1.29, 1.82) is 0 Å². The summed E-state index contributed by atoms with van der Waals surface area (Å²) in [5.74, 6) is 5.69. The minimum absolute atomic E-state index is 0.861. The Balaban J connectivity index is 1.30. The predicted octanol–water partition coefficient (Wildman–Crippen LogP) is 6.05. The lowest BCUT2D eigenvalue weighted by Crippen LogP contribution is -2.25. The van der Waals surface area contributed by atoms with E-state index in [2.05, 4.69) is 68.4 Å². The van der Waals surface area contributed by atoms with Crippen LogP contribution in [-0.2, 0) is 0 Å². The molecule has 126 valence electrons. The quantitative estimate of drug-likeness (QED) is 0.651. The third kappa shape index (κ3) is 2.97. The van der Waals surface area contributed by atoms with Gasteiger partial charge in [-0.3, -0.25) is 0 Å². The van der Waals surface area contributed by atoms with Crippen LogP contribution < -0.4 is 4.74 Å². The van der Waals surface area contributed by atoms with E-state index in [9.17, 15) is 0 Å². The van der Waals surface area contributed by atoms with Gasteiger partial charge >= 0.3 is 0 Å². The second kappa shape index (κ2) is 6.63. The van der Waals surface area contributed by atoms with Crippen LogP contribution in [-0.4, -0.2) is 6.61 Å². The molecule has 0 aliphatic heterocycles. The summed E-state index contributed by atoms with van der Waals surface area (Å²) in [6.07, 6.45) is 4.13. The molecule has 0 amide bonds. The van der Waals surface area contributed by atoms with E-state index in [-0.39, 0.29) is 0 Å². The molecule has 2 fully saturated rings. The summed E-state index contributed by atoms with van der Waals surface area (Å²) >= 11 is 0. The van der Waals surface area contributed by atoms with Gasteiger partial charge in [-0.1, -0.05) is 56.3 Å². The van der Waals surface area contributed by atoms with E-state index in [1.165, 1.54) is 30.4 Å². The van der Waals surface area contributed by atoms with Gasteiger partial charge in [-0.05, 0) is 72.1 Å². The Kier molecular flexibility index (Phi) is 4.35. The van der Waals surface area contributed by atoms with Crippen molar-refractivity contribution in [3.8, 4) is 16.9 Å². The van der Waals surface area contributed by atoms with Gasteiger partial charge in [0.25, 0.3) is 0 Å². The lowest BCUT2D eigenvalue weighted by molar-refractivity contribution is 0.160. The molecule has 2 aromatic carbocycles. The molecule has 4 rings (SSSR count). The maximum atomic E-state index is 6.03. The molecule has 1 nitrogen and oxygen atoms in total. The lowest BCUT2D eigenvalue weighted by Gasteiger charge is -2.31. The first-order chi connectivity index (χ1) is 11.7. The average Bonchev–Trinajstić information content (AvgIpc) is 3.16. The highest BCUT2D eigenvalue weighted by Gasteiger charge is 2.48. The van der Waals surface area contributed by atoms with Crippen LogP contribution >= 0.6 is 0 Å². The van der Waals surface area contributed by atoms with Crippen LogP contribution in [0.1, 0.15) is 33.1 Å². The maximum absolute atomic E-state index is 6.03. The standard InChI is InChI=1S/C23H28O/c1-16-17(2)23-15-21(16)14-20(23)12-13-24-22-10-8-19(9-11-22)18-6-4-3-5-7-18/h3-11,16-17,20-21,23H,12-15H2,1-2H3. The first-order valence-corrected chi connectivity index (χ1v) is 9.50. The van der Waals surface area contributed by atoms with Gasteiger partial charge in [0.15, 0.2) is 0 Å². The maximum Gasteiger partial charge on any atom is 0.119 e. The molecule has 24 heavy (non-hydrogen) atoms. The minimum Gasteiger partial charge on any atom is -0.494 e. The monoisotopic (exact) mass is 320 g/mol. The Morgan fingerprint density at radius 3 is 2.21 bits per heavy atom. The summed E-state index contributed by atoms with van der Waals surface area (Å²) in [5.41, 5.74) is 2.51. The zero-order chi connectivity index (χ0) is 16.5. The van der Waals surface area contributed by atoms with E-state index in [1.807, 2.05) is 0 Å². The molecule has 2 saturated carbocycles.